The molecular formula is C18H25ClN2O3. The smallest absolute Gasteiger partial charge is 0.287 e. The fraction of sp³-hybridized carbons (Fsp3) is 0.389. The summed E-state index contributed by atoms with van der Waals surface area (Å²) >= 11 is 0. The maximum absolute atomic E-state index is 12.1. The van der Waals surface area contributed by atoms with Gasteiger partial charge in [-0.1, -0.05) is 17.7 Å². The molecule has 0 aliphatic rings. The van der Waals surface area contributed by atoms with E-state index in [0.717, 1.165) is 11.3 Å². The predicted octanol–water partition coefficient (Wildman–Crippen LogP) is 3.36. The second-order valence-corrected chi connectivity index (χ2v) is 6.37. The van der Waals surface area contributed by atoms with Crippen LogP contribution in [0.25, 0.3) is 0 Å². The lowest BCUT2D eigenvalue weighted by molar-refractivity contribution is 0.0883. The summed E-state index contributed by atoms with van der Waals surface area (Å²) in [5.74, 6) is 1.38. The van der Waals surface area contributed by atoms with E-state index in [1.165, 1.54) is 5.56 Å². The summed E-state index contributed by atoms with van der Waals surface area (Å²) in [5.41, 5.74) is 7.39. The minimum atomic E-state index is -0.473. The van der Waals surface area contributed by atoms with Crippen LogP contribution in [0, 0.1) is 13.8 Å². The van der Waals surface area contributed by atoms with Gasteiger partial charge in [0.2, 0.25) is 0 Å². The molecule has 0 fully saturated rings. The third-order valence-electron chi connectivity index (χ3n) is 3.55. The molecule has 1 aromatic carbocycles. The molecule has 0 bridgehead atoms. The molecule has 1 aromatic heterocycles. The van der Waals surface area contributed by atoms with Gasteiger partial charge in [-0.15, -0.1) is 12.4 Å². The molecule has 0 saturated carbocycles. The Labute approximate surface area is 149 Å². The number of ether oxygens (including phenoxy) is 1. The van der Waals surface area contributed by atoms with Crippen molar-refractivity contribution in [2.75, 3.05) is 6.54 Å². The monoisotopic (exact) mass is 352 g/mol. The van der Waals surface area contributed by atoms with E-state index >= 15 is 0 Å². The molecule has 6 heteroatoms. The topological polar surface area (TPSA) is 77.5 Å². The van der Waals surface area contributed by atoms with Crippen molar-refractivity contribution in [3.8, 4) is 5.75 Å². The number of benzene rings is 1. The van der Waals surface area contributed by atoms with Crippen molar-refractivity contribution >= 4 is 18.3 Å². The average molecular weight is 353 g/mol. The summed E-state index contributed by atoms with van der Waals surface area (Å²) in [5, 5.41) is 2.83. The summed E-state index contributed by atoms with van der Waals surface area (Å²) in [6.45, 7) is 8.38. The Balaban J connectivity index is 0.00000288. The molecule has 3 N–H and O–H groups in total. The first-order valence-corrected chi connectivity index (χ1v) is 7.62. The first kappa shape index (κ1) is 20.1. The second-order valence-electron chi connectivity index (χ2n) is 6.37. The van der Waals surface area contributed by atoms with Gasteiger partial charge in [0.25, 0.3) is 5.91 Å². The van der Waals surface area contributed by atoms with E-state index < -0.39 is 5.54 Å². The van der Waals surface area contributed by atoms with Crippen molar-refractivity contribution in [3.05, 3.63) is 53.0 Å². The quantitative estimate of drug-likeness (QED) is 0.835. The Kier molecular flexibility index (Phi) is 6.87. The number of hydrogen-bond acceptors (Lipinski definition) is 4. The van der Waals surface area contributed by atoms with E-state index in [0.29, 0.717) is 12.3 Å². The van der Waals surface area contributed by atoms with Crippen molar-refractivity contribution in [2.24, 2.45) is 5.73 Å². The minimum Gasteiger partial charge on any atom is -0.485 e. The highest BCUT2D eigenvalue weighted by Crippen LogP contribution is 2.20. The third-order valence-corrected chi connectivity index (χ3v) is 3.55. The maximum atomic E-state index is 12.1. The molecule has 1 heterocycles. The van der Waals surface area contributed by atoms with Gasteiger partial charge in [-0.05, 0) is 51.5 Å². The van der Waals surface area contributed by atoms with Gasteiger partial charge in [0.05, 0.1) is 0 Å². The van der Waals surface area contributed by atoms with E-state index in [2.05, 4.69) is 11.4 Å². The predicted molar refractivity (Wildman–Crippen MR) is 96.8 cm³/mol. The third kappa shape index (κ3) is 5.28. The number of amides is 1. The second kappa shape index (κ2) is 8.22. The number of carbonyl (C=O) groups is 1. The van der Waals surface area contributed by atoms with Crippen LogP contribution in [0.3, 0.4) is 0 Å². The standard InChI is InChI=1S/C18H24N2O3.ClH/c1-12-5-7-15(13(2)9-12)22-10-14-6-8-16(23-14)17(21)20-18(3,4)11-19;/h5-9H,10-11,19H2,1-4H3,(H,20,21);1H. The van der Waals surface area contributed by atoms with Crippen LogP contribution < -0.4 is 15.8 Å². The van der Waals surface area contributed by atoms with Crippen molar-refractivity contribution in [2.45, 2.75) is 39.8 Å². The highest BCUT2D eigenvalue weighted by Gasteiger charge is 2.21. The van der Waals surface area contributed by atoms with Crippen molar-refractivity contribution in [1.29, 1.82) is 0 Å². The molecule has 0 unspecified atom stereocenters. The van der Waals surface area contributed by atoms with Gasteiger partial charge >= 0.3 is 0 Å². The van der Waals surface area contributed by atoms with Gasteiger partial charge < -0.3 is 20.2 Å². The number of halogens is 1. The molecule has 2 aromatic rings. The van der Waals surface area contributed by atoms with Crippen LogP contribution in [-0.4, -0.2) is 18.0 Å². The molecule has 0 aliphatic heterocycles. The molecule has 24 heavy (non-hydrogen) atoms. The molecule has 132 valence electrons. The molecule has 1 amide bonds. The summed E-state index contributed by atoms with van der Waals surface area (Å²) in [4.78, 5) is 12.1. The lowest BCUT2D eigenvalue weighted by Crippen LogP contribution is -2.48. The zero-order valence-electron chi connectivity index (χ0n) is 14.5. The van der Waals surface area contributed by atoms with Gasteiger partial charge in [-0.25, -0.2) is 0 Å². The minimum absolute atomic E-state index is 0. The van der Waals surface area contributed by atoms with E-state index in [1.54, 1.807) is 12.1 Å². The molecule has 0 saturated heterocycles. The van der Waals surface area contributed by atoms with E-state index in [-0.39, 0.29) is 30.7 Å². The largest absolute Gasteiger partial charge is 0.485 e. The van der Waals surface area contributed by atoms with Gasteiger partial charge in [0.15, 0.2) is 5.76 Å². The number of furan rings is 1. The Morgan fingerprint density at radius 1 is 1.25 bits per heavy atom. The van der Waals surface area contributed by atoms with Crippen molar-refractivity contribution in [1.82, 2.24) is 5.32 Å². The fourth-order valence-electron chi connectivity index (χ4n) is 2.11. The Morgan fingerprint density at radius 2 is 1.96 bits per heavy atom. The molecule has 2 rings (SSSR count). The lowest BCUT2D eigenvalue weighted by atomic mass is 10.1. The molecule has 0 radical (unpaired) electrons. The molecular weight excluding hydrogens is 328 g/mol. The van der Waals surface area contributed by atoms with Crippen LogP contribution >= 0.6 is 12.4 Å². The Morgan fingerprint density at radius 3 is 2.58 bits per heavy atom. The van der Waals surface area contributed by atoms with E-state index in [4.69, 9.17) is 14.9 Å². The molecule has 5 nitrogen and oxygen atoms in total. The van der Waals surface area contributed by atoms with Crippen LogP contribution in [0.5, 0.6) is 5.75 Å². The normalized spacial score (nSPS) is 10.9. The Bertz CT molecular complexity index is 695. The number of carbonyl (C=O) groups excluding carboxylic acids is 1. The van der Waals surface area contributed by atoms with Crippen LogP contribution in [0.1, 0.15) is 41.3 Å². The molecule has 0 aliphatic carbocycles. The SMILES string of the molecule is Cc1ccc(OCc2ccc(C(=O)NC(C)(C)CN)o2)c(C)c1.Cl. The summed E-state index contributed by atoms with van der Waals surface area (Å²) in [6, 6.07) is 9.38. The van der Waals surface area contributed by atoms with Crippen molar-refractivity contribution in [3.63, 3.8) is 0 Å². The van der Waals surface area contributed by atoms with Crippen LogP contribution in [-0.2, 0) is 6.61 Å². The lowest BCUT2D eigenvalue weighted by Gasteiger charge is -2.23. The van der Waals surface area contributed by atoms with Gasteiger partial charge in [0, 0.05) is 12.1 Å². The summed E-state index contributed by atoms with van der Waals surface area (Å²) in [6.07, 6.45) is 0. The number of nitrogens with one attached hydrogen (secondary N) is 1. The van der Waals surface area contributed by atoms with E-state index in [1.807, 2.05) is 39.8 Å². The number of aryl methyl sites for hydroxylation is 2. The first-order chi connectivity index (χ1) is 10.8. The average Bonchev–Trinajstić information content (AvgIpc) is 2.95. The van der Waals surface area contributed by atoms with E-state index in [9.17, 15) is 4.79 Å². The number of nitrogens with two attached hydrogens (primary N) is 1. The summed E-state index contributed by atoms with van der Waals surface area (Å²) in [7, 11) is 0. The number of rotatable bonds is 6. The zero-order chi connectivity index (χ0) is 17.0. The zero-order valence-corrected chi connectivity index (χ0v) is 15.3. The van der Waals surface area contributed by atoms with Gasteiger partial charge in [-0.3, -0.25) is 4.79 Å². The molecule has 0 atom stereocenters. The number of hydrogen-bond donors (Lipinski definition) is 2. The first-order valence-electron chi connectivity index (χ1n) is 7.62. The van der Waals surface area contributed by atoms with Crippen molar-refractivity contribution < 1.29 is 13.9 Å². The highest BCUT2D eigenvalue weighted by atomic mass is 35.5. The maximum Gasteiger partial charge on any atom is 0.287 e. The van der Waals surface area contributed by atoms with Gasteiger partial charge in [0.1, 0.15) is 18.1 Å². The fourth-order valence-corrected chi connectivity index (χ4v) is 2.11. The van der Waals surface area contributed by atoms with Crippen LogP contribution in [0.4, 0.5) is 0 Å². The van der Waals surface area contributed by atoms with Gasteiger partial charge in [-0.2, -0.15) is 0 Å². The Hall–Kier alpha value is -1.98. The van der Waals surface area contributed by atoms with Crippen LogP contribution in [0.15, 0.2) is 34.7 Å². The highest BCUT2D eigenvalue weighted by molar-refractivity contribution is 5.92. The van der Waals surface area contributed by atoms with Crippen LogP contribution in [0.2, 0.25) is 0 Å². The molecule has 0 spiro atoms. The summed E-state index contributed by atoms with van der Waals surface area (Å²) < 4.78 is 11.3.